The maximum Gasteiger partial charge on any atom is 0.317 e. The molecule has 21 heavy (non-hydrogen) atoms. The van der Waals surface area contributed by atoms with Gasteiger partial charge in [0.1, 0.15) is 0 Å². The largest absolute Gasteiger partial charge is 0.481 e. The SMILES string of the molecule is CC(CCCNC(=O)N(Cc1cccs1)C1CC1)C(=O)O. The summed E-state index contributed by atoms with van der Waals surface area (Å²) in [4.78, 5) is 26.0. The van der Waals surface area contributed by atoms with E-state index in [1.165, 1.54) is 4.88 Å². The highest BCUT2D eigenvalue weighted by atomic mass is 32.1. The summed E-state index contributed by atoms with van der Waals surface area (Å²) in [6.07, 6.45) is 3.43. The molecule has 1 saturated carbocycles. The van der Waals surface area contributed by atoms with Gasteiger partial charge in [-0.15, -0.1) is 11.3 Å². The molecule has 0 saturated heterocycles. The predicted octanol–water partition coefficient (Wildman–Crippen LogP) is 2.92. The van der Waals surface area contributed by atoms with Crippen molar-refractivity contribution >= 4 is 23.3 Å². The van der Waals surface area contributed by atoms with Gasteiger partial charge in [0, 0.05) is 17.5 Å². The van der Waals surface area contributed by atoms with Crippen molar-refractivity contribution in [3.05, 3.63) is 22.4 Å². The maximum atomic E-state index is 12.2. The molecule has 0 radical (unpaired) electrons. The van der Waals surface area contributed by atoms with Crippen molar-refractivity contribution in [2.45, 2.75) is 45.2 Å². The van der Waals surface area contributed by atoms with Gasteiger partial charge in [0.15, 0.2) is 0 Å². The molecule has 0 spiro atoms. The van der Waals surface area contributed by atoms with Crippen molar-refractivity contribution in [2.75, 3.05) is 6.54 Å². The van der Waals surface area contributed by atoms with Gasteiger partial charge in [-0.05, 0) is 37.1 Å². The van der Waals surface area contributed by atoms with Gasteiger partial charge in [-0.3, -0.25) is 4.79 Å². The lowest BCUT2D eigenvalue weighted by atomic mass is 10.1. The molecule has 0 bridgehead atoms. The predicted molar refractivity (Wildman–Crippen MR) is 82.3 cm³/mol. The van der Waals surface area contributed by atoms with Crippen LogP contribution < -0.4 is 5.32 Å². The summed E-state index contributed by atoms with van der Waals surface area (Å²) in [6.45, 7) is 2.89. The van der Waals surface area contributed by atoms with Crippen LogP contribution in [0.1, 0.15) is 37.5 Å². The van der Waals surface area contributed by atoms with Crippen LogP contribution in [0.25, 0.3) is 0 Å². The Morgan fingerprint density at radius 3 is 2.86 bits per heavy atom. The minimum atomic E-state index is -0.779. The number of rotatable bonds is 8. The molecule has 1 fully saturated rings. The topological polar surface area (TPSA) is 69.6 Å². The van der Waals surface area contributed by atoms with E-state index in [4.69, 9.17) is 5.11 Å². The van der Waals surface area contributed by atoms with Gasteiger partial charge in [0.25, 0.3) is 0 Å². The molecule has 1 aliphatic carbocycles. The Morgan fingerprint density at radius 2 is 2.29 bits per heavy atom. The van der Waals surface area contributed by atoms with Gasteiger partial charge in [0.2, 0.25) is 0 Å². The van der Waals surface area contributed by atoms with Crippen LogP contribution in [0.2, 0.25) is 0 Å². The summed E-state index contributed by atoms with van der Waals surface area (Å²) in [6, 6.07) is 4.37. The Bertz CT molecular complexity index is 471. The lowest BCUT2D eigenvalue weighted by Gasteiger charge is -2.22. The van der Waals surface area contributed by atoms with Crippen LogP contribution in [-0.2, 0) is 11.3 Å². The molecule has 5 nitrogen and oxygen atoms in total. The third-order valence-corrected chi connectivity index (χ3v) is 4.53. The van der Waals surface area contributed by atoms with Crippen molar-refractivity contribution in [1.82, 2.24) is 10.2 Å². The molecule has 6 heteroatoms. The van der Waals surface area contributed by atoms with E-state index in [1.54, 1.807) is 18.3 Å². The normalized spacial score (nSPS) is 15.5. The van der Waals surface area contributed by atoms with Gasteiger partial charge in [-0.1, -0.05) is 13.0 Å². The fourth-order valence-electron chi connectivity index (χ4n) is 2.15. The third-order valence-electron chi connectivity index (χ3n) is 3.67. The summed E-state index contributed by atoms with van der Waals surface area (Å²) >= 11 is 1.66. The number of amides is 2. The Labute approximate surface area is 129 Å². The molecule has 1 atom stereocenters. The van der Waals surface area contributed by atoms with Gasteiger partial charge >= 0.3 is 12.0 Å². The van der Waals surface area contributed by atoms with Crippen molar-refractivity contribution in [1.29, 1.82) is 0 Å². The van der Waals surface area contributed by atoms with E-state index in [2.05, 4.69) is 5.32 Å². The van der Waals surface area contributed by atoms with E-state index in [1.807, 2.05) is 22.4 Å². The second-order valence-corrected chi connectivity index (χ2v) is 6.58. The highest BCUT2D eigenvalue weighted by Gasteiger charge is 2.32. The number of thiophene rings is 1. The third kappa shape index (κ3) is 5.04. The summed E-state index contributed by atoms with van der Waals surface area (Å²) in [5.41, 5.74) is 0. The van der Waals surface area contributed by atoms with E-state index >= 15 is 0 Å². The quantitative estimate of drug-likeness (QED) is 0.725. The van der Waals surface area contributed by atoms with Crippen molar-refractivity contribution < 1.29 is 14.7 Å². The van der Waals surface area contributed by atoms with Crippen molar-refractivity contribution in [2.24, 2.45) is 5.92 Å². The smallest absolute Gasteiger partial charge is 0.317 e. The van der Waals surface area contributed by atoms with Crippen LogP contribution in [-0.4, -0.2) is 34.6 Å². The van der Waals surface area contributed by atoms with Gasteiger partial charge < -0.3 is 15.3 Å². The average molecular weight is 310 g/mol. The number of carbonyl (C=O) groups excluding carboxylic acids is 1. The summed E-state index contributed by atoms with van der Waals surface area (Å²) in [7, 11) is 0. The number of aliphatic carboxylic acids is 1. The second-order valence-electron chi connectivity index (χ2n) is 5.55. The zero-order valence-electron chi connectivity index (χ0n) is 12.2. The Kier molecular flexibility index (Phi) is 5.61. The van der Waals surface area contributed by atoms with E-state index < -0.39 is 5.97 Å². The minimum absolute atomic E-state index is 0.0334. The molecule has 0 aromatic carbocycles. The first-order valence-electron chi connectivity index (χ1n) is 7.37. The molecule has 1 heterocycles. The molecule has 1 aromatic heterocycles. The van der Waals surface area contributed by atoms with E-state index in [0.717, 1.165) is 12.8 Å². The molecule has 0 aliphatic heterocycles. The Hall–Kier alpha value is -1.56. The number of carboxylic acid groups (broad SMARTS) is 1. The summed E-state index contributed by atoms with van der Waals surface area (Å²) in [5.74, 6) is -1.13. The molecule has 2 rings (SSSR count). The van der Waals surface area contributed by atoms with E-state index in [-0.39, 0.29) is 11.9 Å². The second kappa shape index (κ2) is 7.45. The molecule has 2 amide bonds. The monoisotopic (exact) mass is 310 g/mol. The molecule has 1 unspecified atom stereocenters. The number of hydrogen-bond donors (Lipinski definition) is 2. The van der Waals surface area contributed by atoms with Crippen molar-refractivity contribution in [3.63, 3.8) is 0 Å². The number of nitrogens with one attached hydrogen (secondary N) is 1. The molecular formula is C15H22N2O3S. The fourth-order valence-corrected chi connectivity index (χ4v) is 2.85. The zero-order chi connectivity index (χ0) is 15.2. The van der Waals surface area contributed by atoms with Crippen LogP contribution in [0.4, 0.5) is 4.79 Å². The number of hydrogen-bond acceptors (Lipinski definition) is 3. The molecule has 1 aromatic rings. The highest BCUT2D eigenvalue weighted by Crippen LogP contribution is 2.29. The Morgan fingerprint density at radius 1 is 1.52 bits per heavy atom. The zero-order valence-corrected chi connectivity index (χ0v) is 13.1. The first-order chi connectivity index (χ1) is 10.1. The van der Waals surface area contributed by atoms with E-state index in [0.29, 0.717) is 32.0 Å². The standard InChI is InChI=1S/C15H22N2O3S/c1-11(14(18)19)4-2-8-16-15(20)17(12-6-7-12)10-13-5-3-9-21-13/h3,5,9,11-12H,2,4,6-8,10H2,1H3,(H,16,20)(H,18,19). The molecule has 2 N–H and O–H groups in total. The number of urea groups is 1. The highest BCUT2D eigenvalue weighted by molar-refractivity contribution is 7.09. The number of carboxylic acids is 1. The lowest BCUT2D eigenvalue weighted by molar-refractivity contribution is -0.141. The summed E-state index contributed by atoms with van der Waals surface area (Å²) < 4.78 is 0. The minimum Gasteiger partial charge on any atom is -0.481 e. The van der Waals surface area contributed by atoms with Gasteiger partial charge in [-0.2, -0.15) is 0 Å². The van der Waals surface area contributed by atoms with E-state index in [9.17, 15) is 9.59 Å². The fraction of sp³-hybridized carbons (Fsp3) is 0.600. The van der Waals surface area contributed by atoms with Crippen LogP contribution in [0, 0.1) is 5.92 Å². The van der Waals surface area contributed by atoms with Crippen LogP contribution in [0.5, 0.6) is 0 Å². The van der Waals surface area contributed by atoms with Crippen LogP contribution in [0.15, 0.2) is 17.5 Å². The first-order valence-corrected chi connectivity index (χ1v) is 8.25. The van der Waals surface area contributed by atoms with Crippen LogP contribution >= 0.6 is 11.3 Å². The first kappa shape index (κ1) is 15.8. The Balaban J connectivity index is 1.73. The maximum absolute atomic E-state index is 12.2. The lowest BCUT2D eigenvalue weighted by Crippen LogP contribution is -2.41. The molecular weight excluding hydrogens is 288 g/mol. The molecule has 116 valence electrons. The van der Waals surface area contributed by atoms with Gasteiger partial charge in [-0.25, -0.2) is 4.79 Å². The number of nitrogens with zero attached hydrogens (tertiary/aromatic N) is 1. The van der Waals surface area contributed by atoms with Gasteiger partial charge in [0.05, 0.1) is 12.5 Å². The average Bonchev–Trinajstić information content (AvgIpc) is 3.16. The van der Waals surface area contributed by atoms with Crippen LogP contribution in [0.3, 0.4) is 0 Å². The molecule has 1 aliphatic rings. The number of carbonyl (C=O) groups is 2. The summed E-state index contributed by atoms with van der Waals surface area (Å²) in [5, 5.41) is 13.7. The van der Waals surface area contributed by atoms with Crippen molar-refractivity contribution in [3.8, 4) is 0 Å².